The van der Waals surface area contributed by atoms with E-state index in [1.165, 1.54) is 0 Å². The van der Waals surface area contributed by atoms with Crippen LogP contribution in [0.1, 0.15) is 13.3 Å². The van der Waals surface area contributed by atoms with Gasteiger partial charge >= 0.3 is 6.08 Å². The fraction of sp³-hybridized carbons (Fsp3) is 0.400. The third-order valence-electron chi connectivity index (χ3n) is 0.846. The van der Waals surface area contributed by atoms with Crippen LogP contribution in [0.4, 0.5) is 0 Å². The van der Waals surface area contributed by atoms with Gasteiger partial charge in [-0.3, -0.25) is 0 Å². The highest BCUT2D eigenvalue weighted by Gasteiger charge is 2.02. The maximum Gasteiger partial charge on any atom is 0.411 e. The van der Waals surface area contributed by atoms with Gasteiger partial charge in [-0.15, -0.1) is 0 Å². The summed E-state index contributed by atoms with van der Waals surface area (Å²) in [7, 11) is 0. The zero-order valence-electron chi connectivity index (χ0n) is 4.96. The molecule has 48 valence electrons. The topological polar surface area (TPSA) is 54.2 Å². The van der Waals surface area contributed by atoms with E-state index in [-0.39, 0.29) is 0 Å². The van der Waals surface area contributed by atoms with Gasteiger partial charge in [-0.05, 0) is 0 Å². The molecule has 1 rings (SSSR count). The lowest BCUT2D eigenvalue weighted by Gasteiger charge is -2.01. The van der Waals surface area contributed by atoms with E-state index in [2.05, 4.69) is 20.8 Å². The van der Waals surface area contributed by atoms with Crippen molar-refractivity contribution in [1.29, 1.82) is 0 Å². The lowest BCUT2D eigenvalue weighted by Crippen LogP contribution is -2.05. The molecule has 0 amide bonds. The van der Waals surface area contributed by atoms with Gasteiger partial charge in [0.1, 0.15) is 0 Å². The molecule has 0 saturated heterocycles. The molecule has 0 spiro atoms. The molecule has 0 atom stereocenters. The largest absolute Gasteiger partial charge is 0.465 e. The minimum absolute atomic E-state index is 0.411. The SMILES string of the molecule is CCC1=C=NN=C(O)O1. The van der Waals surface area contributed by atoms with E-state index in [4.69, 9.17) is 5.11 Å². The summed E-state index contributed by atoms with van der Waals surface area (Å²) in [5.41, 5.74) is 0. The summed E-state index contributed by atoms with van der Waals surface area (Å²) in [6.07, 6.45) is 0.244. The van der Waals surface area contributed by atoms with Gasteiger partial charge in [-0.25, -0.2) is 0 Å². The summed E-state index contributed by atoms with van der Waals surface area (Å²) in [4.78, 5) is 0. The third kappa shape index (κ3) is 1.30. The van der Waals surface area contributed by atoms with Gasteiger partial charge in [0.15, 0.2) is 5.76 Å². The second kappa shape index (κ2) is 2.33. The van der Waals surface area contributed by atoms with Crippen molar-refractivity contribution < 1.29 is 9.84 Å². The van der Waals surface area contributed by atoms with Crippen molar-refractivity contribution in [3.05, 3.63) is 5.76 Å². The zero-order chi connectivity index (χ0) is 6.69. The van der Waals surface area contributed by atoms with Crippen LogP contribution in [0.25, 0.3) is 0 Å². The molecule has 4 heteroatoms. The van der Waals surface area contributed by atoms with E-state index in [1.807, 2.05) is 6.92 Å². The molecule has 1 aliphatic rings. The molecule has 0 radical (unpaired) electrons. The molecule has 9 heavy (non-hydrogen) atoms. The van der Waals surface area contributed by atoms with Gasteiger partial charge < -0.3 is 9.84 Å². The number of nitrogens with zero attached hydrogens (tertiary/aromatic N) is 2. The van der Waals surface area contributed by atoms with Crippen LogP contribution in [0.5, 0.6) is 0 Å². The molecule has 0 aromatic heterocycles. The Morgan fingerprint density at radius 3 is 3.00 bits per heavy atom. The first kappa shape index (κ1) is 5.85. The van der Waals surface area contributed by atoms with E-state index in [0.29, 0.717) is 12.2 Å². The maximum atomic E-state index is 8.58. The van der Waals surface area contributed by atoms with Crippen LogP contribution in [0, 0.1) is 0 Å². The van der Waals surface area contributed by atoms with Gasteiger partial charge in [0.25, 0.3) is 0 Å². The number of allylic oxidation sites excluding steroid dienone is 1. The Hall–Kier alpha value is -1.28. The summed E-state index contributed by atoms with van der Waals surface area (Å²) >= 11 is 0. The molecular formula is C5H6N2O2. The van der Waals surface area contributed by atoms with Crippen molar-refractivity contribution in [3.8, 4) is 0 Å². The Labute approximate surface area is 52.2 Å². The number of aliphatic hydroxyl groups excluding tert-OH is 1. The molecule has 0 unspecified atom stereocenters. The van der Waals surface area contributed by atoms with Crippen molar-refractivity contribution in [1.82, 2.24) is 0 Å². The Bertz CT molecular complexity index is 201. The van der Waals surface area contributed by atoms with Crippen molar-refractivity contribution in [3.63, 3.8) is 0 Å². The Kier molecular flexibility index (Phi) is 1.51. The van der Waals surface area contributed by atoms with Gasteiger partial charge in [0, 0.05) is 6.42 Å². The maximum absolute atomic E-state index is 8.58. The number of aliphatic hydroxyl groups is 1. The number of ether oxygens (including phenoxy) is 1. The average Bonchev–Trinajstić information content (AvgIpc) is 1.88. The molecule has 1 heterocycles. The monoisotopic (exact) mass is 126 g/mol. The average molecular weight is 126 g/mol. The minimum Gasteiger partial charge on any atom is -0.465 e. The number of hydrogen-bond acceptors (Lipinski definition) is 3. The van der Waals surface area contributed by atoms with E-state index in [9.17, 15) is 0 Å². The summed E-state index contributed by atoms with van der Waals surface area (Å²) in [5.74, 6) is 2.97. The predicted octanol–water partition coefficient (Wildman–Crippen LogP) is 0.809. The molecule has 0 aliphatic carbocycles. The second-order valence-corrected chi connectivity index (χ2v) is 1.47. The van der Waals surface area contributed by atoms with Crippen molar-refractivity contribution in [2.75, 3.05) is 0 Å². The van der Waals surface area contributed by atoms with Crippen LogP contribution >= 0.6 is 0 Å². The number of hydrogen-bond donors (Lipinski definition) is 1. The van der Waals surface area contributed by atoms with Crippen LogP contribution in [0.15, 0.2) is 16.0 Å². The number of rotatable bonds is 1. The fourth-order valence-corrected chi connectivity index (χ4v) is 0.428. The highest BCUT2D eigenvalue weighted by molar-refractivity contribution is 5.72. The predicted molar refractivity (Wildman–Crippen MR) is 32.4 cm³/mol. The Balaban J connectivity index is 2.73. The van der Waals surface area contributed by atoms with Crippen LogP contribution in [0.2, 0.25) is 0 Å². The minimum atomic E-state index is -0.411. The first-order chi connectivity index (χ1) is 4.33. The van der Waals surface area contributed by atoms with Crippen molar-refractivity contribution in [2.24, 2.45) is 10.2 Å². The first-order valence-corrected chi connectivity index (χ1v) is 2.59. The molecule has 1 N–H and O–H groups in total. The van der Waals surface area contributed by atoms with Crippen LogP contribution in [-0.4, -0.2) is 17.1 Å². The van der Waals surface area contributed by atoms with E-state index in [1.54, 1.807) is 0 Å². The van der Waals surface area contributed by atoms with Gasteiger partial charge in [0.2, 0.25) is 0 Å². The van der Waals surface area contributed by atoms with Gasteiger partial charge in [0.05, 0.1) is 5.87 Å². The van der Waals surface area contributed by atoms with E-state index < -0.39 is 6.08 Å². The zero-order valence-corrected chi connectivity index (χ0v) is 4.96. The second-order valence-electron chi connectivity index (χ2n) is 1.47. The molecular weight excluding hydrogens is 120 g/mol. The summed E-state index contributed by atoms with van der Waals surface area (Å²) < 4.78 is 4.65. The quantitative estimate of drug-likeness (QED) is 0.565. The van der Waals surface area contributed by atoms with E-state index >= 15 is 0 Å². The highest BCUT2D eigenvalue weighted by atomic mass is 16.6. The van der Waals surface area contributed by atoms with Crippen molar-refractivity contribution in [2.45, 2.75) is 13.3 Å². The van der Waals surface area contributed by atoms with Crippen molar-refractivity contribution >= 4 is 12.0 Å². The lowest BCUT2D eigenvalue weighted by atomic mass is 10.4. The lowest BCUT2D eigenvalue weighted by molar-refractivity contribution is 0.292. The highest BCUT2D eigenvalue weighted by Crippen LogP contribution is 2.01. The molecule has 0 bridgehead atoms. The van der Waals surface area contributed by atoms with Gasteiger partial charge in [-0.2, -0.15) is 0 Å². The van der Waals surface area contributed by atoms with E-state index in [0.717, 1.165) is 0 Å². The molecule has 0 fully saturated rings. The smallest absolute Gasteiger partial charge is 0.411 e. The van der Waals surface area contributed by atoms with Gasteiger partial charge in [-0.1, -0.05) is 17.1 Å². The van der Waals surface area contributed by atoms with Crippen LogP contribution in [0.3, 0.4) is 0 Å². The van der Waals surface area contributed by atoms with Crippen LogP contribution < -0.4 is 0 Å². The normalized spacial score (nSPS) is 16.1. The summed E-state index contributed by atoms with van der Waals surface area (Å²) in [6, 6.07) is 0. The van der Waals surface area contributed by atoms with Crippen LogP contribution in [-0.2, 0) is 4.74 Å². The molecule has 1 aliphatic heterocycles. The standard InChI is InChI=1S/C5H6N2O2/c1-2-4-3-6-7-5(8)9-4/h2H2,1H3,(H,7,8). The first-order valence-electron chi connectivity index (χ1n) is 2.59. The Morgan fingerprint density at radius 1 is 1.78 bits per heavy atom. The summed E-state index contributed by atoms with van der Waals surface area (Å²) in [5, 5.41) is 15.1. The Morgan fingerprint density at radius 2 is 2.56 bits per heavy atom. The fourth-order valence-electron chi connectivity index (χ4n) is 0.428. The molecule has 0 aromatic rings. The molecule has 4 nitrogen and oxygen atoms in total. The molecule has 0 saturated carbocycles. The molecule has 0 aromatic carbocycles. The summed E-state index contributed by atoms with van der Waals surface area (Å²) in [6.45, 7) is 1.87. The third-order valence-corrected chi connectivity index (χ3v) is 0.846.